The second-order valence-corrected chi connectivity index (χ2v) is 5.41. The van der Waals surface area contributed by atoms with Gasteiger partial charge in [0.25, 0.3) is 0 Å². The molecule has 2 rings (SSSR count). The largest absolute Gasteiger partial charge is 0.481 e. The van der Waals surface area contributed by atoms with Crippen molar-refractivity contribution in [2.75, 3.05) is 18.1 Å². The molecule has 1 heterocycles. The Hall–Kier alpha value is -0.710. The Morgan fingerprint density at radius 3 is 2.73 bits per heavy atom. The van der Waals surface area contributed by atoms with E-state index in [9.17, 15) is 9.59 Å². The molecule has 15 heavy (non-hydrogen) atoms. The molecule has 0 bridgehead atoms. The monoisotopic (exact) mass is 229 g/mol. The Balaban J connectivity index is 1.67. The number of hydrogen-bond donors (Lipinski definition) is 2. The molecule has 0 spiro atoms. The molecule has 2 N–H and O–H groups in total. The van der Waals surface area contributed by atoms with Crippen molar-refractivity contribution in [2.24, 2.45) is 17.8 Å². The third kappa shape index (κ3) is 2.65. The zero-order chi connectivity index (χ0) is 10.8. The first-order valence-electron chi connectivity index (χ1n) is 5.26. The summed E-state index contributed by atoms with van der Waals surface area (Å²) in [4.78, 5) is 22.0. The Morgan fingerprint density at radius 2 is 2.20 bits per heavy atom. The topological polar surface area (TPSA) is 66.4 Å². The number of aliphatic carboxylic acids is 1. The maximum absolute atomic E-state index is 11.5. The van der Waals surface area contributed by atoms with E-state index in [1.165, 1.54) is 5.75 Å². The minimum Gasteiger partial charge on any atom is -0.481 e. The van der Waals surface area contributed by atoms with Crippen molar-refractivity contribution in [3.63, 3.8) is 0 Å². The van der Waals surface area contributed by atoms with Crippen LogP contribution in [0.1, 0.15) is 12.8 Å². The van der Waals surface area contributed by atoms with Gasteiger partial charge in [-0.3, -0.25) is 9.59 Å². The summed E-state index contributed by atoms with van der Waals surface area (Å²) in [5, 5.41) is 11.5. The van der Waals surface area contributed by atoms with E-state index >= 15 is 0 Å². The first kappa shape index (κ1) is 10.8. The minimum absolute atomic E-state index is 0.0701. The number of rotatable bonds is 4. The van der Waals surface area contributed by atoms with Gasteiger partial charge >= 0.3 is 5.97 Å². The summed E-state index contributed by atoms with van der Waals surface area (Å²) in [6.45, 7) is 0.717. The van der Waals surface area contributed by atoms with Crippen molar-refractivity contribution in [3.8, 4) is 0 Å². The second-order valence-electron chi connectivity index (χ2n) is 4.26. The Labute approximate surface area is 92.8 Å². The molecule has 0 aromatic carbocycles. The zero-order valence-corrected chi connectivity index (χ0v) is 9.26. The fourth-order valence-corrected chi connectivity index (χ4v) is 3.16. The molecular weight excluding hydrogens is 214 g/mol. The Morgan fingerprint density at radius 1 is 1.40 bits per heavy atom. The van der Waals surface area contributed by atoms with Gasteiger partial charge < -0.3 is 10.4 Å². The predicted molar refractivity (Wildman–Crippen MR) is 57.7 cm³/mol. The molecule has 1 aliphatic heterocycles. The highest BCUT2D eigenvalue weighted by Gasteiger charge is 2.48. The molecule has 1 saturated carbocycles. The maximum Gasteiger partial charge on any atom is 0.307 e. The van der Waals surface area contributed by atoms with Gasteiger partial charge in [-0.2, -0.15) is 11.8 Å². The van der Waals surface area contributed by atoms with E-state index in [1.54, 1.807) is 0 Å². The van der Waals surface area contributed by atoms with Crippen molar-refractivity contribution in [1.29, 1.82) is 0 Å². The van der Waals surface area contributed by atoms with Gasteiger partial charge in [-0.1, -0.05) is 0 Å². The zero-order valence-electron chi connectivity index (χ0n) is 8.44. The molecule has 0 aromatic heterocycles. The van der Waals surface area contributed by atoms with E-state index < -0.39 is 11.9 Å². The molecular formula is C10H15NO3S. The number of carbonyl (C=O) groups is 2. The summed E-state index contributed by atoms with van der Waals surface area (Å²) in [5.41, 5.74) is 0. The average Bonchev–Trinajstić information content (AvgIpc) is 2.85. The van der Waals surface area contributed by atoms with Gasteiger partial charge in [0.15, 0.2) is 0 Å². The van der Waals surface area contributed by atoms with E-state index in [1.807, 2.05) is 11.8 Å². The lowest BCUT2D eigenvalue weighted by Crippen LogP contribution is -2.31. The number of carbonyl (C=O) groups excluding carboxylic acids is 1. The molecule has 1 aliphatic carbocycles. The van der Waals surface area contributed by atoms with E-state index in [2.05, 4.69) is 5.32 Å². The van der Waals surface area contributed by atoms with Gasteiger partial charge in [-0.15, -0.1) is 0 Å². The number of amides is 1. The van der Waals surface area contributed by atoms with Crippen LogP contribution in [0.5, 0.6) is 0 Å². The fourth-order valence-electron chi connectivity index (χ4n) is 1.88. The molecule has 1 amide bonds. The molecule has 1 unspecified atom stereocenters. The van der Waals surface area contributed by atoms with Gasteiger partial charge in [0, 0.05) is 6.54 Å². The molecule has 0 aromatic rings. The van der Waals surface area contributed by atoms with E-state index in [0.717, 1.165) is 12.2 Å². The number of nitrogens with one attached hydrogen (secondary N) is 1. The second kappa shape index (κ2) is 4.43. The Bertz CT molecular complexity index is 276. The molecule has 84 valence electrons. The number of hydrogen-bond acceptors (Lipinski definition) is 3. The van der Waals surface area contributed by atoms with Gasteiger partial charge in [-0.25, -0.2) is 0 Å². The van der Waals surface area contributed by atoms with E-state index in [4.69, 9.17) is 5.11 Å². The van der Waals surface area contributed by atoms with Crippen molar-refractivity contribution in [2.45, 2.75) is 12.8 Å². The van der Waals surface area contributed by atoms with Crippen LogP contribution in [0.4, 0.5) is 0 Å². The average molecular weight is 229 g/mol. The van der Waals surface area contributed by atoms with E-state index in [0.29, 0.717) is 18.9 Å². The summed E-state index contributed by atoms with van der Waals surface area (Å²) >= 11 is 1.92. The summed E-state index contributed by atoms with van der Waals surface area (Å²) in [6, 6.07) is 0. The van der Waals surface area contributed by atoms with E-state index in [-0.39, 0.29) is 11.8 Å². The van der Waals surface area contributed by atoms with Crippen LogP contribution in [0, 0.1) is 17.8 Å². The lowest BCUT2D eigenvalue weighted by Gasteiger charge is -2.09. The van der Waals surface area contributed by atoms with Crippen LogP contribution in [0.2, 0.25) is 0 Å². The summed E-state index contributed by atoms with van der Waals surface area (Å²) in [7, 11) is 0. The quantitative estimate of drug-likeness (QED) is 0.740. The highest BCUT2D eigenvalue weighted by molar-refractivity contribution is 7.99. The maximum atomic E-state index is 11.5. The van der Waals surface area contributed by atoms with Crippen LogP contribution in [-0.4, -0.2) is 35.0 Å². The van der Waals surface area contributed by atoms with Crippen LogP contribution in [0.3, 0.4) is 0 Å². The molecule has 2 fully saturated rings. The highest BCUT2D eigenvalue weighted by atomic mass is 32.2. The van der Waals surface area contributed by atoms with Crippen LogP contribution < -0.4 is 5.32 Å². The predicted octanol–water partition coefficient (Wildman–Crippen LogP) is 0.576. The lowest BCUT2D eigenvalue weighted by atomic mass is 10.1. The fraction of sp³-hybridized carbons (Fsp3) is 0.800. The first-order chi connectivity index (χ1) is 7.18. The minimum atomic E-state index is -0.841. The molecule has 0 radical (unpaired) electrons. The van der Waals surface area contributed by atoms with Crippen LogP contribution in [0.25, 0.3) is 0 Å². The summed E-state index contributed by atoms with van der Waals surface area (Å²) in [6.07, 6.45) is 1.68. The van der Waals surface area contributed by atoms with Crippen molar-refractivity contribution in [1.82, 2.24) is 5.32 Å². The third-order valence-corrected chi connectivity index (χ3v) is 4.26. The van der Waals surface area contributed by atoms with Crippen LogP contribution in [0.15, 0.2) is 0 Å². The number of thioether (sulfide) groups is 1. The number of carboxylic acid groups (broad SMARTS) is 1. The number of carboxylic acids is 1. The Kier molecular flexibility index (Phi) is 3.19. The van der Waals surface area contributed by atoms with Gasteiger partial charge in [0.05, 0.1) is 11.8 Å². The molecule has 3 atom stereocenters. The normalized spacial score (nSPS) is 33.7. The van der Waals surface area contributed by atoms with Crippen molar-refractivity contribution < 1.29 is 14.7 Å². The lowest BCUT2D eigenvalue weighted by molar-refractivity contribution is -0.140. The third-order valence-electron chi connectivity index (χ3n) is 3.03. The summed E-state index contributed by atoms with van der Waals surface area (Å²) in [5.74, 6) is 1.28. The SMILES string of the molecule is O=C(O)[C@H]1C[C@H]1C(=O)NCC1CCSC1. The molecule has 2 aliphatic rings. The standard InChI is InChI=1S/C10H15NO3S/c12-9(7-3-8(7)10(13)14)11-4-6-1-2-15-5-6/h6-8H,1-5H2,(H,11,12)(H,13,14)/t6?,7-,8+/m1/s1. The van der Waals surface area contributed by atoms with Gasteiger partial charge in [-0.05, 0) is 30.3 Å². The first-order valence-corrected chi connectivity index (χ1v) is 6.42. The van der Waals surface area contributed by atoms with Gasteiger partial charge in [0.2, 0.25) is 5.91 Å². The smallest absolute Gasteiger partial charge is 0.307 e. The molecule has 1 saturated heterocycles. The van der Waals surface area contributed by atoms with Crippen molar-refractivity contribution >= 4 is 23.6 Å². The van der Waals surface area contributed by atoms with Crippen LogP contribution in [-0.2, 0) is 9.59 Å². The highest BCUT2D eigenvalue weighted by Crippen LogP contribution is 2.38. The van der Waals surface area contributed by atoms with Gasteiger partial charge in [0.1, 0.15) is 0 Å². The summed E-state index contributed by atoms with van der Waals surface area (Å²) < 4.78 is 0. The molecule has 5 heteroatoms. The molecule has 4 nitrogen and oxygen atoms in total. The van der Waals surface area contributed by atoms with Crippen LogP contribution >= 0.6 is 11.8 Å². The van der Waals surface area contributed by atoms with Crippen molar-refractivity contribution in [3.05, 3.63) is 0 Å².